The second-order valence-corrected chi connectivity index (χ2v) is 7.58. The van der Waals surface area contributed by atoms with Crippen LogP contribution >= 0.6 is 0 Å². The molecule has 3 aromatic rings. The Balaban J connectivity index is 1.64. The number of rotatable bonds is 6. The third-order valence-corrected chi connectivity index (χ3v) is 5.79. The number of nitrogens with one attached hydrogen (secondary N) is 1. The summed E-state index contributed by atoms with van der Waals surface area (Å²) in [6.07, 6.45) is 3.84. The summed E-state index contributed by atoms with van der Waals surface area (Å²) >= 11 is 0. The molecule has 0 amide bonds. The highest BCUT2D eigenvalue weighted by molar-refractivity contribution is 5.93. The number of likely N-dealkylation sites (N-methyl/N-ethyl adjacent to an activating group) is 1. The molecular weight excluding hydrogens is 397 g/mol. The number of pyridine rings is 1. The average molecular weight is 421 g/mol. The summed E-state index contributed by atoms with van der Waals surface area (Å²) in [5.74, 6) is -0.808. The number of carbonyl (C=O) groups is 1. The zero-order valence-corrected chi connectivity index (χ0v) is 17.4. The van der Waals surface area contributed by atoms with Crippen molar-refractivity contribution in [2.75, 3.05) is 32.6 Å². The van der Waals surface area contributed by atoms with Gasteiger partial charge in [0.25, 0.3) is 0 Å². The Bertz CT molecular complexity index is 1120. The van der Waals surface area contributed by atoms with Crippen molar-refractivity contribution in [3.63, 3.8) is 0 Å². The summed E-state index contributed by atoms with van der Waals surface area (Å²) in [4.78, 5) is 17.7. The van der Waals surface area contributed by atoms with E-state index < -0.39 is 5.97 Å². The molecule has 0 aliphatic carbocycles. The molecule has 4 rings (SSSR count). The molecule has 0 saturated carbocycles. The molecule has 0 radical (unpaired) electrons. The van der Waals surface area contributed by atoms with Gasteiger partial charge in [-0.05, 0) is 48.4 Å². The highest BCUT2D eigenvalue weighted by atomic mass is 19.1. The number of ether oxygens (including phenoxy) is 1. The van der Waals surface area contributed by atoms with Crippen LogP contribution in [0.5, 0.6) is 5.75 Å². The molecule has 1 aliphatic rings. The van der Waals surface area contributed by atoms with Crippen LogP contribution in [0.25, 0.3) is 11.1 Å². The van der Waals surface area contributed by atoms with E-state index in [9.17, 15) is 14.3 Å². The average Bonchev–Trinajstić information content (AvgIpc) is 2.78. The van der Waals surface area contributed by atoms with Crippen LogP contribution in [0, 0.1) is 5.82 Å². The molecule has 31 heavy (non-hydrogen) atoms. The monoisotopic (exact) mass is 421 g/mol. The molecule has 0 unspecified atom stereocenters. The number of halogens is 1. The van der Waals surface area contributed by atoms with Crippen LogP contribution in [0.3, 0.4) is 0 Å². The molecule has 7 heteroatoms. The Kier molecular flexibility index (Phi) is 5.86. The number of anilines is 1. The third kappa shape index (κ3) is 4.09. The van der Waals surface area contributed by atoms with Crippen molar-refractivity contribution in [2.45, 2.75) is 12.5 Å². The van der Waals surface area contributed by atoms with Crippen molar-refractivity contribution in [3.8, 4) is 16.9 Å². The van der Waals surface area contributed by atoms with Crippen LogP contribution in [0.2, 0.25) is 0 Å². The van der Waals surface area contributed by atoms with Gasteiger partial charge in [-0.3, -0.25) is 9.88 Å². The standard InChI is InChI=1S/C24H24FN3O3/c1-28-11-9-15-12-16(23-19(25)4-3-5-22(23)31-2)6-7-17(15)21(28)14-27-20-13-26-10-8-18(20)24(29)30/h3-8,10,12-13,21,27H,9,11,14H2,1-2H3,(H,29,30)/t21-/m1/s1. The van der Waals surface area contributed by atoms with Gasteiger partial charge in [-0.1, -0.05) is 24.3 Å². The maximum absolute atomic E-state index is 14.6. The first-order chi connectivity index (χ1) is 15.0. The number of aromatic nitrogens is 1. The Morgan fingerprint density at radius 2 is 2.16 bits per heavy atom. The van der Waals surface area contributed by atoms with Gasteiger partial charge < -0.3 is 15.2 Å². The van der Waals surface area contributed by atoms with Gasteiger partial charge in [-0.25, -0.2) is 9.18 Å². The molecule has 160 valence electrons. The van der Waals surface area contributed by atoms with Gasteiger partial charge in [0, 0.05) is 19.3 Å². The number of carboxylic acid groups (broad SMARTS) is 1. The van der Waals surface area contributed by atoms with Gasteiger partial charge in [0.15, 0.2) is 0 Å². The minimum absolute atomic E-state index is 0.0437. The summed E-state index contributed by atoms with van der Waals surface area (Å²) in [6.45, 7) is 1.37. The fourth-order valence-corrected chi connectivity index (χ4v) is 4.14. The first kappa shape index (κ1) is 20.8. The van der Waals surface area contributed by atoms with Crippen LogP contribution in [-0.4, -0.2) is 48.2 Å². The second-order valence-electron chi connectivity index (χ2n) is 7.58. The van der Waals surface area contributed by atoms with E-state index in [0.29, 0.717) is 23.5 Å². The summed E-state index contributed by atoms with van der Waals surface area (Å²) in [7, 11) is 3.58. The molecule has 1 atom stereocenters. The van der Waals surface area contributed by atoms with Crippen molar-refractivity contribution >= 4 is 11.7 Å². The molecular formula is C24H24FN3O3. The van der Waals surface area contributed by atoms with Crippen LogP contribution in [0.4, 0.5) is 10.1 Å². The van der Waals surface area contributed by atoms with E-state index in [1.807, 2.05) is 25.2 Å². The number of nitrogens with zero attached hydrogens (tertiary/aromatic N) is 2. The molecule has 0 bridgehead atoms. The fourth-order valence-electron chi connectivity index (χ4n) is 4.14. The van der Waals surface area contributed by atoms with Gasteiger partial charge in [-0.2, -0.15) is 0 Å². The molecule has 0 fully saturated rings. The van der Waals surface area contributed by atoms with Crippen LogP contribution in [0.1, 0.15) is 27.5 Å². The van der Waals surface area contributed by atoms with Crippen LogP contribution in [0.15, 0.2) is 54.9 Å². The first-order valence-corrected chi connectivity index (χ1v) is 10.1. The summed E-state index contributed by atoms with van der Waals surface area (Å²) in [6, 6.07) is 12.3. The number of benzene rings is 2. The number of aromatic carboxylic acids is 1. The number of methoxy groups -OCH3 is 1. The molecule has 0 saturated heterocycles. The lowest BCUT2D eigenvalue weighted by molar-refractivity contribution is 0.0697. The Hall–Kier alpha value is -3.45. The second kappa shape index (κ2) is 8.73. The lowest BCUT2D eigenvalue weighted by Gasteiger charge is -2.35. The van der Waals surface area contributed by atoms with E-state index in [4.69, 9.17) is 4.74 Å². The van der Waals surface area contributed by atoms with E-state index in [-0.39, 0.29) is 17.4 Å². The smallest absolute Gasteiger partial charge is 0.337 e. The summed E-state index contributed by atoms with van der Waals surface area (Å²) in [5.41, 5.74) is 4.21. The molecule has 1 aliphatic heterocycles. The highest BCUT2D eigenvalue weighted by Gasteiger charge is 2.26. The van der Waals surface area contributed by atoms with Crippen molar-refractivity contribution in [2.24, 2.45) is 0 Å². The van der Waals surface area contributed by atoms with E-state index in [1.165, 1.54) is 31.6 Å². The maximum Gasteiger partial charge on any atom is 0.337 e. The van der Waals surface area contributed by atoms with Gasteiger partial charge in [-0.15, -0.1) is 0 Å². The zero-order chi connectivity index (χ0) is 22.0. The SMILES string of the molecule is COc1cccc(F)c1-c1ccc2c(c1)CCN(C)[C@@H]2CNc1cnccc1C(=O)O. The summed E-state index contributed by atoms with van der Waals surface area (Å²) < 4.78 is 19.9. The molecule has 2 aromatic carbocycles. The van der Waals surface area contributed by atoms with Crippen molar-refractivity contribution in [3.05, 3.63) is 77.4 Å². The normalized spacial score (nSPS) is 15.9. The molecule has 0 spiro atoms. The highest BCUT2D eigenvalue weighted by Crippen LogP contribution is 2.37. The number of hydrogen-bond donors (Lipinski definition) is 2. The summed E-state index contributed by atoms with van der Waals surface area (Å²) in [5, 5.41) is 12.6. The zero-order valence-electron chi connectivity index (χ0n) is 17.4. The minimum Gasteiger partial charge on any atom is -0.496 e. The number of fused-ring (bicyclic) bond motifs is 1. The topological polar surface area (TPSA) is 74.7 Å². The third-order valence-electron chi connectivity index (χ3n) is 5.79. The fraction of sp³-hybridized carbons (Fsp3) is 0.250. The van der Waals surface area contributed by atoms with E-state index >= 15 is 0 Å². The molecule has 1 aromatic heterocycles. The predicted octanol–water partition coefficient (Wildman–Crippen LogP) is 4.24. The van der Waals surface area contributed by atoms with Gasteiger partial charge in [0.05, 0.1) is 36.2 Å². The van der Waals surface area contributed by atoms with Crippen molar-refractivity contribution in [1.29, 1.82) is 0 Å². The maximum atomic E-state index is 14.6. The minimum atomic E-state index is -0.995. The van der Waals surface area contributed by atoms with E-state index in [0.717, 1.165) is 29.7 Å². The largest absolute Gasteiger partial charge is 0.496 e. The van der Waals surface area contributed by atoms with E-state index in [2.05, 4.69) is 15.2 Å². The van der Waals surface area contributed by atoms with E-state index in [1.54, 1.807) is 12.1 Å². The van der Waals surface area contributed by atoms with Crippen molar-refractivity contribution < 1.29 is 19.0 Å². The van der Waals surface area contributed by atoms with Crippen molar-refractivity contribution in [1.82, 2.24) is 9.88 Å². The predicted molar refractivity (Wildman–Crippen MR) is 117 cm³/mol. The Labute approximate surface area is 180 Å². The Morgan fingerprint density at radius 3 is 2.94 bits per heavy atom. The lowest BCUT2D eigenvalue weighted by Crippen LogP contribution is -2.36. The van der Waals surface area contributed by atoms with Gasteiger partial charge in [0.1, 0.15) is 11.6 Å². The van der Waals surface area contributed by atoms with Crippen LogP contribution < -0.4 is 10.1 Å². The molecule has 2 N–H and O–H groups in total. The van der Waals surface area contributed by atoms with Crippen LogP contribution in [-0.2, 0) is 6.42 Å². The first-order valence-electron chi connectivity index (χ1n) is 10.1. The van der Waals surface area contributed by atoms with Gasteiger partial charge in [0.2, 0.25) is 0 Å². The number of carboxylic acids is 1. The molecule has 6 nitrogen and oxygen atoms in total. The Morgan fingerprint density at radius 1 is 1.32 bits per heavy atom. The van der Waals surface area contributed by atoms with Gasteiger partial charge >= 0.3 is 5.97 Å². The molecule has 2 heterocycles. The quantitative estimate of drug-likeness (QED) is 0.620. The lowest BCUT2D eigenvalue weighted by atomic mass is 9.89. The number of hydrogen-bond acceptors (Lipinski definition) is 5.